The van der Waals surface area contributed by atoms with Gasteiger partial charge in [0.05, 0.1) is 10.6 Å². The number of carbonyl (C=O) groups excluding carboxylic acids is 1. The van der Waals surface area contributed by atoms with Crippen molar-refractivity contribution in [3.63, 3.8) is 0 Å². The topological polar surface area (TPSA) is 110 Å². The molecule has 0 aliphatic carbocycles. The van der Waals surface area contributed by atoms with Gasteiger partial charge in [0.25, 0.3) is 5.91 Å². The smallest absolute Gasteiger partial charge is 0.255 e. The number of nitrogens with zero attached hydrogens (tertiary/aromatic N) is 5. The van der Waals surface area contributed by atoms with Crippen LogP contribution in [0, 0.1) is 5.92 Å². The summed E-state index contributed by atoms with van der Waals surface area (Å²) in [7, 11) is -3.51. The number of amides is 1. The highest BCUT2D eigenvalue weighted by atomic mass is 32.2. The number of sulfonamides is 1. The van der Waals surface area contributed by atoms with E-state index in [1.165, 1.54) is 27.4 Å². The zero-order valence-corrected chi connectivity index (χ0v) is 17.3. The van der Waals surface area contributed by atoms with Crippen molar-refractivity contribution in [3.05, 3.63) is 60.4 Å². The summed E-state index contributed by atoms with van der Waals surface area (Å²) in [6.07, 6.45) is 3.19. The number of rotatable bonds is 5. The molecule has 1 aliphatic rings. The van der Waals surface area contributed by atoms with Crippen LogP contribution in [0.4, 0.5) is 5.69 Å². The van der Waals surface area contributed by atoms with Crippen LogP contribution in [0.15, 0.2) is 59.8 Å². The van der Waals surface area contributed by atoms with Crippen LogP contribution in [0.3, 0.4) is 0 Å². The van der Waals surface area contributed by atoms with E-state index in [9.17, 15) is 13.2 Å². The first-order valence-corrected chi connectivity index (χ1v) is 11.1. The molecule has 0 spiro atoms. The van der Waals surface area contributed by atoms with Crippen molar-refractivity contribution in [2.24, 2.45) is 5.92 Å². The highest BCUT2D eigenvalue weighted by Crippen LogP contribution is 2.24. The molecule has 156 valence electrons. The van der Waals surface area contributed by atoms with Crippen LogP contribution in [0.2, 0.25) is 0 Å². The van der Waals surface area contributed by atoms with Gasteiger partial charge in [-0.25, -0.2) is 13.1 Å². The van der Waals surface area contributed by atoms with Gasteiger partial charge in [0.1, 0.15) is 6.33 Å². The lowest BCUT2D eigenvalue weighted by atomic mass is 10.0. The highest BCUT2D eigenvalue weighted by molar-refractivity contribution is 7.89. The van der Waals surface area contributed by atoms with E-state index in [0.717, 1.165) is 12.8 Å². The van der Waals surface area contributed by atoms with Gasteiger partial charge in [0.15, 0.2) is 0 Å². The molecule has 1 fully saturated rings. The van der Waals surface area contributed by atoms with Crippen LogP contribution < -0.4 is 5.32 Å². The van der Waals surface area contributed by atoms with E-state index in [1.807, 2.05) is 0 Å². The summed E-state index contributed by atoms with van der Waals surface area (Å²) in [6.45, 7) is 3.22. The third kappa shape index (κ3) is 4.24. The molecule has 1 N–H and O–H groups in total. The Bertz CT molecular complexity index is 1120. The van der Waals surface area contributed by atoms with E-state index in [1.54, 1.807) is 36.4 Å². The molecule has 30 heavy (non-hydrogen) atoms. The maximum Gasteiger partial charge on any atom is 0.255 e. The number of hydrogen-bond donors (Lipinski definition) is 1. The average molecular weight is 427 g/mol. The summed E-state index contributed by atoms with van der Waals surface area (Å²) < 4.78 is 28.6. The molecule has 0 radical (unpaired) electrons. The molecule has 1 aromatic heterocycles. The first-order chi connectivity index (χ1) is 14.4. The van der Waals surface area contributed by atoms with Gasteiger partial charge in [-0.15, -0.1) is 5.10 Å². The Kier molecular flexibility index (Phi) is 5.60. The summed E-state index contributed by atoms with van der Waals surface area (Å²) in [5.41, 5.74) is 1.60. The quantitative estimate of drug-likeness (QED) is 0.671. The van der Waals surface area contributed by atoms with Crippen molar-refractivity contribution in [1.82, 2.24) is 24.5 Å². The van der Waals surface area contributed by atoms with Gasteiger partial charge >= 0.3 is 0 Å². The van der Waals surface area contributed by atoms with Crippen molar-refractivity contribution in [3.8, 4) is 5.69 Å². The number of nitrogens with one attached hydrogen (secondary N) is 1. The van der Waals surface area contributed by atoms with Gasteiger partial charge in [-0.1, -0.05) is 13.0 Å². The average Bonchev–Trinajstić information content (AvgIpc) is 3.30. The van der Waals surface area contributed by atoms with E-state index < -0.39 is 10.0 Å². The fourth-order valence-electron chi connectivity index (χ4n) is 3.36. The zero-order chi connectivity index (χ0) is 21.1. The number of aromatic nitrogens is 4. The third-order valence-electron chi connectivity index (χ3n) is 5.21. The van der Waals surface area contributed by atoms with E-state index >= 15 is 0 Å². The fraction of sp³-hybridized carbons (Fsp3) is 0.300. The Morgan fingerprint density at radius 3 is 2.50 bits per heavy atom. The molecule has 0 saturated carbocycles. The molecule has 1 saturated heterocycles. The number of tetrazole rings is 1. The van der Waals surface area contributed by atoms with Gasteiger partial charge in [-0.2, -0.15) is 4.31 Å². The minimum absolute atomic E-state index is 0.232. The van der Waals surface area contributed by atoms with E-state index in [4.69, 9.17) is 0 Å². The molecule has 10 heteroatoms. The van der Waals surface area contributed by atoms with Crippen LogP contribution in [-0.4, -0.2) is 51.9 Å². The van der Waals surface area contributed by atoms with Crippen LogP contribution in [0.1, 0.15) is 30.1 Å². The van der Waals surface area contributed by atoms with Crippen molar-refractivity contribution >= 4 is 21.6 Å². The molecule has 0 unspecified atom stereocenters. The molecular formula is C20H22N6O3S. The highest BCUT2D eigenvalue weighted by Gasteiger charge is 2.27. The Hall–Kier alpha value is -3.11. The second kappa shape index (κ2) is 8.33. The molecule has 0 bridgehead atoms. The summed E-state index contributed by atoms with van der Waals surface area (Å²) in [4.78, 5) is 12.8. The van der Waals surface area contributed by atoms with Crippen LogP contribution in [-0.2, 0) is 10.0 Å². The monoisotopic (exact) mass is 426 g/mol. The van der Waals surface area contributed by atoms with E-state index in [0.29, 0.717) is 35.9 Å². The lowest BCUT2D eigenvalue weighted by molar-refractivity contribution is 0.102. The molecular weight excluding hydrogens is 404 g/mol. The molecule has 1 amide bonds. The lowest BCUT2D eigenvalue weighted by Crippen LogP contribution is -2.37. The Labute approximate surface area is 174 Å². The summed E-state index contributed by atoms with van der Waals surface area (Å²) in [5.74, 6) is 0.235. The van der Waals surface area contributed by atoms with Crippen molar-refractivity contribution < 1.29 is 13.2 Å². The van der Waals surface area contributed by atoms with Gasteiger partial charge in [0.2, 0.25) is 10.0 Å². The number of benzene rings is 2. The Morgan fingerprint density at radius 1 is 1.10 bits per heavy atom. The van der Waals surface area contributed by atoms with Crippen molar-refractivity contribution in [1.29, 1.82) is 0 Å². The van der Waals surface area contributed by atoms with E-state index in [-0.39, 0.29) is 10.8 Å². The molecule has 2 aromatic carbocycles. The van der Waals surface area contributed by atoms with Crippen LogP contribution in [0.25, 0.3) is 5.69 Å². The summed E-state index contributed by atoms with van der Waals surface area (Å²) >= 11 is 0. The van der Waals surface area contributed by atoms with Gasteiger partial charge in [-0.05, 0) is 71.7 Å². The van der Waals surface area contributed by atoms with Gasteiger partial charge < -0.3 is 5.32 Å². The van der Waals surface area contributed by atoms with Gasteiger partial charge in [0, 0.05) is 24.3 Å². The normalized spacial score (nSPS) is 15.8. The largest absolute Gasteiger partial charge is 0.322 e. The van der Waals surface area contributed by atoms with Crippen molar-refractivity contribution in [2.75, 3.05) is 18.4 Å². The predicted octanol–water partition coefficient (Wildman–Crippen LogP) is 2.34. The zero-order valence-electron chi connectivity index (χ0n) is 16.5. The standard InChI is InChI=1S/C20H22N6O3S/c1-15-9-11-25(12-10-15)30(28,29)19-7-5-17(6-8-19)22-20(27)16-3-2-4-18(13-16)26-14-21-23-24-26/h2-8,13-15H,9-12H2,1H3,(H,22,27). The molecule has 4 rings (SSSR count). The molecule has 1 aliphatic heterocycles. The SMILES string of the molecule is CC1CCN(S(=O)(=O)c2ccc(NC(=O)c3cccc(-n4cnnn4)c3)cc2)CC1. The summed E-state index contributed by atoms with van der Waals surface area (Å²) in [6, 6.07) is 13.1. The maximum absolute atomic E-state index is 12.8. The Morgan fingerprint density at radius 2 is 1.83 bits per heavy atom. The predicted molar refractivity (Wildman–Crippen MR) is 111 cm³/mol. The molecule has 0 atom stereocenters. The maximum atomic E-state index is 12.8. The minimum atomic E-state index is -3.51. The molecule has 9 nitrogen and oxygen atoms in total. The number of piperidine rings is 1. The summed E-state index contributed by atoms with van der Waals surface area (Å²) in [5, 5.41) is 13.8. The second-order valence-corrected chi connectivity index (χ2v) is 9.31. The second-order valence-electron chi connectivity index (χ2n) is 7.37. The lowest BCUT2D eigenvalue weighted by Gasteiger charge is -2.29. The van der Waals surface area contributed by atoms with Crippen LogP contribution in [0.5, 0.6) is 0 Å². The number of anilines is 1. The first kappa shape index (κ1) is 20.2. The minimum Gasteiger partial charge on any atom is -0.322 e. The Balaban J connectivity index is 1.46. The van der Waals surface area contributed by atoms with Crippen LogP contribution >= 0.6 is 0 Å². The van der Waals surface area contributed by atoms with Gasteiger partial charge in [-0.3, -0.25) is 4.79 Å². The van der Waals surface area contributed by atoms with Crippen molar-refractivity contribution in [2.45, 2.75) is 24.7 Å². The fourth-order valence-corrected chi connectivity index (χ4v) is 4.83. The number of carbonyl (C=O) groups is 1. The van der Waals surface area contributed by atoms with E-state index in [2.05, 4.69) is 27.8 Å². The first-order valence-electron chi connectivity index (χ1n) is 9.68. The molecule has 2 heterocycles. The third-order valence-corrected chi connectivity index (χ3v) is 7.13. The number of hydrogen-bond acceptors (Lipinski definition) is 6. The molecule has 3 aromatic rings.